The van der Waals surface area contributed by atoms with Crippen LogP contribution in [0.4, 0.5) is 15.8 Å². The Balaban J connectivity index is 1.65. The maximum Gasteiger partial charge on any atom is 0.306 e. The molecule has 1 aliphatic rings. The first-order valence-electron chi connectivity index (χ1n) is 9.13. The van der Waals surface area contributed by atoms with Gasteiger partial charge in [-0.15, -0.1) is 0 Å². The van der Waals surface area contributed by atoms with E-state index < -0.39 is 22.3 Å². The van der Waals surface area contributed by atoms with Crippen LogP contribution in [-0.4, -0.2) is 36.2 Å². The highest BCUT2D eigenvalue weighted by Crippen LogP contribution is 2.29. The molecule has 30 heavy (non-hydrogen) atoms. The number of nitrogens with one attached hydrogen (secondary N) is 2. The molecule has 10 heteroatoms. The molecule has 1 aliphatic heterocycles. The summed E-state index contributed by atoms with van der Waals surface area (Å²) in [7, 11) is 1.52. The van der Waals surface area contributed by atoms with Gasteiger partial charge >= 0.3 is 5.69 Å². The average Bonchev–Trinajstić information content (AvgIpc) is 3.13. The molecule has 0 aliphatic carbocycles. The molecule has 0 spiro atoms. The second-order valence-corrected chi connectivity index (χ2v) is 6.80. The summed E-state index contributed by atoms with van der Waals surface area (Å²) in [6.45, 7) is 0.210. The van der Waals surface area contributed by atoms with Crippen molar-refractivity contribution in [3.63, 3.8) is 0 Å². The van der Waals surface area contributed by atoms with Crippen molar-refractivity contribution in [3.05, 3.63) is 69.5 Å². The van der Waals surface area contributed by atoms with Crippen molar-refractivity contribution in [2.24, 2.45) is 5.92 Å². The van der Waals surface area contributed by atoms with Gasteiger partial charge in [0.25, 0.3) is 5.91 Å². The summed E-state index contributed by atoms with van der Waals surface area (Å²) >= 11 is 0. The van der Waals surface area contributed by atoms with Gasteiger partial charge in [-0.3, -0.25) is 24.5 Å². The number of carbonyl (C=O) groups is 3. The zero-order valence-corrected chi connectivity index (χ0v) is 16.1. The molecule has 3 rings (SSSR count). The van der Waals surface area contributed by atoms with Crippen LogP contribution < -0.4 is 15.5 Å². The number of hydrogen-bond donors (Lipinski definition) is 2. The highest BCUT2D eigenvalue weighted by molar-refractivity contribution is 6.00. The van der Waals surface area contributed by atoms with E-state index in [0.717, 1.165) is 17.7 Å². The number of benzene rings is 2. The second kappa shape index (κ2) is 8.68. The number of amides is 3. The molecule has 0 unspecified atom stereocenters. The molecular weight excluding hydrogens is 395 g/mol. The zero-order chi connectivity index (χ0) is 21.8. The molecule has 1 fully saturated rings. The molecule has 9 nitrogen and oxygen atoms in total. The largest absolute Gasteiger partial charge is 0.355 e. The molecule has 0 aromatic heterocycles. The van der Waals surface area contributed by atoms with Gasteiger partial charge < -0.3 is 15.5 Å². The van der Waals surface area contributed by atoms with E-state index >= 15 is 0 Å². The standard InChI is InChI=1S/C20H19FN4O5/c1-22-19(27)13-4-2-3-12(7-13)10-23-20(28)14-8-18(26)24(11-14)15-5-6-16(21)17(9-15)25(29)30/h2-7,9,14H,8,10-11H2,1H3,(H,22,27)(H,23,28)/t14-/m0/s1. The molecule has 0 radical (unpaired) electrons. The monoisotopic (exact) mass is 414 g/mol. The van der Waals surface area contributed by atoms with E-state index in [1.54, 1.807) is 24.3 Å². The van der Waals surface area contributed by atoms with Crippen LogP contribution >= 0.6 is 0 Å². The number of halogens is 1. The summed E-state index contributed by atoms with van der Waals surface area (Å²) in [4.78, 5) is 47.8. The lowest BCUT2D eigenvalue weighted by molar-refractivity contribution is -0.387. The Morgan fingerprint density at radius 1 is 1.27 bits per heavy atom. The molecule has 0 bridgehead atoms. The molecule has 0 saturated carbocycles. The Labute approximate surface area is 171 Å². The highest BCUT2D eigenvalue weighted by Gasteiger charge is 2.35. The summed E-state index contributed by atoms with van der Waals surface area (Å²) in [6.07, 6.45) is -0.0602. The Morgan fingerprint density at radius 3 is 2.73 bits per heavy atom. The number of anilines is 1. The summed E-state index contributed by atoms with van der Waals surface area (Å²) in [5.74, 6) is -2.62. The summed E-state index contributed by atoms with van der Waals surface area (Å²) in [6, 6.07) is 9.95. The van der Waals surface area contributed by atoms with Gasteiger partial charge in [0.1, 0.15) is 0 Å². The molecule has 2 aromatic carbocycles. The Bertz CT molecular complexity index is 1030. The van der Waals surface area contributed by atoms with Gasteiger partial charge in [-0.1, -0.05) is 12.1 Å². The number of hydrogen-bond acceptors (Lipinski definition) is 5. The number of nitrogens with zero attached hydrogens (tertiary/aromatic N) is 2. The lowest BCUT2D eigenvalue weighted by atomic mass is 10.1. The first-order chi connectivity index (χ1) is 14.3. The highest BCUT2D eigenvalue weighted by atomic mass is 19.1. The SMILES string of the molecule is CNC(=O)c1cccc(CNC(=O)[C@H]2CC(=O)N(c3ccc(F)c([N+](=O)[O-])c3)C2)c1. The normalized spacial score (nSPS) is 15.7. The van der Waals surface area contributed by atoms with Crippen LogP contribution in [0.5, 0.6) is 0 Å². The van der Waals surface area contributed by atoms with E-state index in [1.165, 1.54) is 18.0 Å². The third kappa shape index (κ3) is 4.43. The van der Waals surface area contributed by atoms with Crippen LogP contribution in [0.3, 0.4) is 0 Å². The van der Waals surface area contributed by atoms with E-state index in [2.05, 4.69) is 10.6 Å². The molecule has 2 N–H and O–H groups in total. The van der Waals surface area contributed by atoms with Crippen molar-refractivity contribution < 1.29 is 23.7 Å². The first kappa shape index (κ1) is 20.9. The number of rotatable bonds is 6. The quantitative estimate of drug-likeness (QED) is 0.551. The maximum atomic E-state index is 13.5. The average molecular weight is 414 g/mol. The molecule has 1 saturated heterocycles. The fraction of sp³-hybridized carbons (Fsp3) is 0.250. The second-order valence-electron chi connectivity index (χ2n) is 6.80. The van der Waals surface area contributed by atoms with Crippen molar-refractivity contribution in [2.75, 3.05) is 18.5 Å². The summed E-state index contributed by atoms with van der Waals surface area (Å²) in [5, 5.41) is 16.2. The van der Waals surface area contributed by atoms with Crippen molar-refractivity contribution in [1.29, 1.82) is 0 Å². The number of carbonyl (C=O) groups excluding carboxylic acids is 3. The van der Waals surface area contributed by atoms with Gasteiger partial charge in [-0.25, -0.2) is 0 Å². The minimum atomic E-state index is -0.997. The van der Waals surface area contributed by atoms with Gasteiger partial charge in [-0.05, 0) is 29.8 Å². The molecule has 3 amide bonds. The minimum Gasteiger partial charge on any atom is -0.355 e. The predicted molar refractivity (Wildman–Crippen MR) is 105 cm³/mol. The first-order valence-corrected chi connectivity index (χ1v) is 9.13. The smallest absolute Gasteiger partial charge is 0.306 e. The topological polar surface area (TPSA) is 122 Å². The predicted octanol–water partition coefficient (Wildman–Crippen LogP) is 1.76. The van der Waals surface area contributed by atoms with Crippen molar-refractivity contribution in [2.45, 2.75) is 13.0 Å². The molecule has 2 aromatic rings. The van der Waals surface area contributed by atoms with Crippen LogP contribution in [0.25, 0.3) is 0 Å². The van der Waals surface area contributed by atoms with Gasteiger partial charge in [0.05, 0.1) is 16.5 Å². The van der Waals surface area contributed by atoms with Gasteiger partial charge in [-0.2, -0.15) is 4.39 Å². The number of nitro groups is 1. The summed E-state index contributed by atoms with van der Waals surface area (Å²) < 4.78 is 13.5. The van der Waals surface area contributed by atoms with E-state index in [4.69, 9.17) is 0 Å². The van der Waals surface area contributed by atoms with Gasteiger partial charge in [0.15, 0.2) is 0 Å². The third-order valence-corrected chi connectivity index (χ3v) is 4.82. The van der Waals surface area contributed by atoms with E-state index in [-0.39, 0.29) is 42.9 Å². The van der Waals surface area contributed by atoms with Crippen molar-refractivity contribution in [3.8, 4) is 0 Å². The van der Waals surface area contributed by atoms with Crippen LogP contribution in [0.2, 0.25) is 0 Å². The fourth-order valence-corrected chi connectivity index (χ4v) is 3.24. The third-order valence-electron chi connectivity index (χ3n) is 4.82. The molecule has 1 atom stereocenters. The van der Waals surface area contributed by atoms with Crippen LogP contribution in [-0.2, 0) is 16.1 Å². The van der Waals surface area contributed by atoms with Crippen molar-refractivity contribution >= 4 is 29.1 Å². The minimum absolute atomic E-state index is 0.0335. The Hall–Kier alpha value is -3.82. The van der Waals surface area contributed by atoms with E-state index in [9.17, 15) is 28.9 Å². The fourth-order valence-electron chi connectivity index (χ4n) is 3.24. The zero-order valence-electron chi connectivity index (χ0n) is 16.1. The van der Waals surface area contributed by atoms with Crippen LogP contribution in [0.15, 0.2) is 42.5 Å². The molecular formula is C20H19FN4O5. The maximum absolute atomic E-state index is 13.5. The lowest BCUT2D eigenvalue weighted by Gasteiger charge is -2.16. The van der Waals surface area contributed by atoms with Gasteiger partial charge in [0.2, 0.25) is 17.6 Å². The summed E-state index contributed by atoms with van der Waals surface area (Å²) in [5.41, 5.74) is 0.620. The van der Waals surface area contributed by atoms with Gasteiger partial charge in [0, 0.05) is 38.2 Å². The Morgan fingerprint density at radius 2 is 2.03 bits per heavy atom. The van der Waals surface area contributed by atoms with E-state index in [0.29, 0.717) is 5.56 Å². The lowest BCUT2D eigenvalue weighted by Crippen LogP contribution is -2.32. The molecule has 1 heterocycles. The number of nitro benzene ring substituents is 1. The van der Waals surface area contributed by atoms with Crippen LogP contribution in [0.1, 0.15) is 22.3 Å². The Kier molecular flexibility index (Phi) is 6.05. The molecule has 156 valence electrons. The van der Waals surface area contributed by atoms with E-state index in [1.807, 2.05) is 0 Å². The van der Waals surface area contributed by atoms with Crippen molar-refractivity contribution in [1.82, 2.24) is 10.6 Å². The van der Waals surface area contributed by atoms with Crippen LogP contribution in [0, 0.1) is 21.8 Å².